The van der Waals surface area contributed by atoms with Crippen LogP contribution in [0.2, 0.25) is 0 Å². The molecule has 0 atom stereocenters. The smallest absolute Gasteiger partial charge is 0.0541 e. The van der Waals surface area contributed by atoms with Gasteiger partial charge in [0.15, 0.2) is 0 Å². The summed E-state index contributed by atoms with van der Waals surface area (Å²) >= 11 is 0. The Kier molecular flexibility index (Phi) is 5.21. The average Bonchev–Trinajstić information content (AvgIpc) is 2.42. The van der Waals surface area contributed by atoms with Crippen LogP contribution in [-0.4, -0.2) is 23.8 Å². The average molecular weight is 247 g/mol. The van der Waals surface area contributed by atoms with Gasteiger partial charge in [0, 0.05) is 6.04 Å². The zero-order valence-electron chi connectivity index (χ0n) is 11.4. The Bertz CT molecular complexity index is 339. The number of aryl methyl sites for hydroxylation is 1. The first-order valence-corrected chi connectivity index (χ1v) is 7.27. The molecule has 1 aromatic rings. The summed E-state index contributed by atoms with van der Waals surface area (Å²) in [5.74, 6) is 0. The summed E-state index contributed by atoms with van der Waals surface area (Å²) in [6.45, 7) is 3.24. The molecule has 18 heavy (non-hydrogen) atoms. The van der Waals surface area contributed by atoms with Crippen LogP contribution in [-0.2, 0) is 12.8 Å². The van der Waals surface area contributed by atoms with Gasteiger partial charge in [-0.15, -0.1) is 0 Å². The first-order valence-electron chi connectivity index (χ1n) is 7.27. The van der Waals surface area contributed by atoms with Gasteiger partial charge in [0.25, 0.3) is 0 Å². The molecule has 2 rings (SSSR count). The van der Waals surface area contributed by atoms with Gasteiger partial charge < -0.3 is 10.4 Å². The SMILES string of the molecule is CCc1ccc(CCNC2CCC(O)CC2)cc1. The Morgan fingerprint density at radius 3 is 2.28 bits per heavy atom. The van der Waals surface area contributed by atoms with Crippen LogP contribution in [0.3, 0.4) is 0 Å². The maximum Gasteiger partial charge on any atom is 0.0541 e. The molecular formula is C16H25NO. The monoisotopic (exact) mass is 247 g/mol. The van der Waals surface area contributed by atoms with E-state index in [-0.39, 0.29) is 6.10 Å². The molecular weight excluding hydrogens is 222 g/mol. The van der Waals surface area contributed by atoms with Crippen LogP contribution >= 0.6 is 0 Å². The Balaban J connectivity index is 1.68. The van der Waals surface area contributed by atoms with E-state index in [1.807, 2.05) is 0 Å². The molecule has 0 bridgehead atoms. The van der Waals surface area contributed by atoms with Gasteiger partial charge in [0.05, 0.1) is 6.10 Å². The van der Waals surface area contributed by atoms with Crippen molar-refractivity contribution in [1.29, 1.82) is 0 Å². The summed E-state index contributed by atoms with van der Waals surface area (Å²) in [6.07, 6.45) is 6.33. The first-order chi connectivity index (χ1) is 8.78. The fraction of sp³-hybridized carbons (Fsp3) is 0.625. The van der Waals surface area contributed by atoms with Crippen molar-refractivity contribution < 1.29 is 5.11 Å². The summed E-state index contributed by atoms with van der Waals surface area (Å²) < 4.78 is 0. The van der Waals surface area contributed by atoms with Gasteiger partial charge in [-0.2, -0.15) is 0 Å². The van der Waals surface area contributed by atoms with Crippen LogP contribution in [0.15, 0.2) is 24.3 Å². The van der Waals surface area contributed by atoms with E-state index >= 15 is 0 Å². The molecule has 0 radical (unpaired) electrons. The van der Waals surface area contributed by atoms with Crippen molar-refractivity contribution in [3.05, 3.63) is 35.4 Å². The Morgan fingerprint density at radius 2 is 1.67 bits per heavy atom. The second-order valence-corrected chi connectivity index (χ2v) is 5.38. The molecule has 2 N–H and O–H groups in total. The fourth-order valence-electron chi connectivity index (χ4n) is 2.64. The van der Waals surface area contributed by atoms with E-state index in [0.29, 0.717) is 6.04 Å². The van der Waals surface area contributed by atoms with E-state index in [0.717, 1.165) is 45.1 Å². The molecule has 1 aromatic carbocycles. The molecule has 1 saturated carbocycles. The lowest BCUT2D eigenvalue weighted by molar-refractivity contribution is 0.117. The molecule has 0 saturated heterocycles. The lowest BCUT2D eigenvalue weighted by Gasteiger charge is -2.26. The quantitative estimate of drug-likeness (QED) is 0.838. The van der Waals surface area contributed by atoms with Gasteiger partial charge in [0.1, 0.15) is 0 Å². The summed E-state index contributed by atoms with van der Waals surface area (Å²) in [5.41, 5.74) is 2.82. The lowest BCUT2D eigenvalue weighted by atomic mass is 9.93. The Morgan fingerprint density at radius 1 is 1.06 bits per heavy atom. The number of aliphatic hydroxyl groups is 1. The highest BCUT2D eigenvalue weighted by Crippen LogP contribution is 2.18. The van der Waals surface area contributed by atoms with Crippen LogP contribution in [0.5, 0.6) is 0 Å². The largest absolute Gasteiger partial charge is 0.393 e. The molecule has 100 valence electrons. The van der Waals surface area contributed by atoms with E-state index in [9.17, 15) is 5.11 Å². The van der Waals surface area contributed by atoms with Crippen molar-refractivity contribution in [2.45, 2.75) is 57.6 Å². The number of nitrogens with one attached hydrogen (secondary N) is 1. The standard InChI is InChI=1S/C16H25NO/c1-2-13-3-5-14(6-4-13)11-12-17-15-7-9-16(18)10-8-15/h3-6,15-18H,2,7-12H2,1H3. The molecule has 1 aliphatic rings. The van der Waals surface area contributed by atoms with Crippen LogP contribution in [0.25, 0.3) is 0 Å². The molecule has 2 nitrogen and oxygen atoms in total. The number of benzene rings is 1. The number of hydrogen-bond donors (Lipinski definition) is 2. The van der Waals surface area contributed by atoms with E-state index in [1.54, 1.807) is 0 Å². The van der Waals surface area contributed by atoms with Crippen molar-refractivity contribution in [2.75, 3.05) is 6.54 Å². The second-order valence-electron chi connectivity index (χ2n) is 5.38. The zero-order chi connectivity index (χ0) is 12.8. The zero-order valence-corrected chi connectivity index (χ0v) is 11.4. The summed E-state index contributed by atoms with van der Waals surface area (Å²) in [5, 5.41) is 13.1. The third-order valence-corrected chi connectivity index (χ3v) is 3.97. The summed E-state index contributed by atoms with van der Waals surface area (Å²) in [7, 11) is 0. The second kappa shape index (κ2) is 6.91. The molecule has 0 heterocycles. The topological polar surface area (TPSA) is 32.3 Å². The molecule has 0 amide bonds. The van der Waals surface area contributed by atoms with Gasteiger partial charge in [0.2, 0.25) is 0 Å². The Labute approximate surface area is 110 Å². The maximum absolute atomic E-state index is 9.45. The van der Waals surface area contributed by atoms with Crippen molar-refractivity contribution >= 4 is 0 Å². The molecule has 0 unspecified atom stereocenters. The van der Waals surface area contributed by atoms with Gasteiger partial charge in [-0.1, -0.05) is 31.2 Å². The number of aliphatic hydroxyl groups excluding tert-OH is 1. The van der Waals surface area contributed by atoms with Crippen molar-refractivity contribution in [1.82, 2.24) is 5.32 Å². The van der Waals surface area contributed by atoms with E-state index < -0.39 is 0 Å². The number of rotatable bonds is 5. The third-order valence-electron chi connectivity index (χ3n) is 3.97. The fourth-order valence-corrected chi connectivity index (χ4v) is 2.64. The Hall–Kier alpha value is -0.860. The summed E-state index contributed by atoms with van der Waals surface area (Å²) in [4.78, 5) is 0. The van der Waals surface area contributed by atoms with E-state index in [1.165, 1.54) is 11.1 Å². The predicted octanol–water partition coefficient (Wildman–Crippen LogP) is 2.68. The minimum Gasteiger partial charge on any atom is -0.393 e. The van der Waals surface area contributed by atoms with Crippen LogP contribution in [0, 0.1) is 0 Å². The third kappa shape index (κ3) is 4.11. The van der Waals surface area contributed by atoms with E-state index in [2.05, 4.69) is 36.5 Å². The van der Waals surface area contributed by atoms with Crippen molar-refractivity contribution in [2.24, 2.45) is 0 Å². The van der Waals surface area contributed by atoms with Gasteiger partial charge >= 0.3 is 0 Å². The first kappa shape index (κ1) is 13.6. The molecule has 1 aliphatic carbocycles. The van der Waals surface area contributed by atoms with Crippen LogP contribution < -0.4 is 5.32 Å². The molecule has 2 heteroatoms. The highest BCUT2D eigenvalue weighted by atomic mass is 16.3. The van der Waals surface area contributed by atoms with E-state index in [4.69, 9.17) is 0 Å². The lowest BCUT2D eigenvalue weighted by Crippen LogP contribution is -2.35. The molecule has 1 fully saturated rings. The minimum atomic E-state index is -0.0513. The normalized spacial score (nSPS) is 24.1. The highest BCUT2D eigenvalue weighted by Gasteiger charge is 2.18. The maximum atomic E-state index is 9.45. The van der Waals surface area contributed by atoms with Gasteiger partial charge in [-0.3, -0.25) is 0 Å². The minimum absolute atomic E-state index is 0.0513. The molecule has 0 aromatic heterocycles. The van der Waals surface area contributed by atoms with Gasteiger partial charge in [-0.25, -0.2) is 0 Å². The van der Waals surface area contributed by atoms with Gasteiger partial charge in [-0.05, 0) is 56.2 Å². The van der Waals surface area contributed by atoms with Crippen molar-refractivity contribution in [3.8, 4) is 0 Å². The molecule has 0 spiro atoms. The molecule has 0 aliphatic heterocycles. The summed E-state index contributed by atoms with van der Waals surface area (Å²) in [6, 6.07) is 9.55. The van der Waals surface area contributed by atoms with Crippen molar-refractivity contribution in [3.63, 3.8) is 0 Å². The van der Waals surface area contributed by atoms with Crippen LogP contribution in [0.1, 0.15) is 43.7 Å². The predicted molar refractivity (Wildman–Crippen MR) is 75.8 cm³/mol. The van der Waals surface area contributed by atoms with Crippen LogP contribution in [0.4, 0.5) is 0 Å². The number of hydrogen-bond acceptors (Lipinski definition) is 2. The highest BCUT2D eigenvalue weighted by molar-refractivity contribution is 5.22.